The molecule has 0 bridgehead atoms. The summed E-state index contributed by atoms with van der Waals surface area (Å²) in [5, 5.41) is 0. The fraction of sp³-hybridized carbons (Fsp3) is 0.235. The van der Waals surface area contributed by atoms with Crippen LogP contribution >= 0.6 is 0 Å². The second-order valence-corrected chi connectivity index (χ2v) is 6.94. The van der Waals surface area contributed by atoms with Gasteiger partial charge in [-0.3, -0.25) is 9.52 Å². The van der Waals surface area contributed by atoms with E-state index >= 15 is 0 Å². The van der Waals surface area contributed by atoms with Gasteiger partial charge < -0.3 is 0 Å². The molecule has 4 nitrogen and oxygen atoms in total. The number of rotatable bonds is 6. The Hall–Kier alpha value is -2.14. The molecule has 0 spiro atoms. The Morgan fingerprint density at radius 1 is 1.05 bits per heavy atom. The van der Waals surface area contributed by atoms with Gasteiger partial charge in [-0.2, -0.15) is 0 Å². The molecule has 0 aliphatic carbocycles. The predicted octanol–water partition coefficient (Wildman–Crippen LogP) is 3.43. The topological polar surface area (TPSA) is 63.2 Å². The Balaban J connectivity index is 2.22. The molecule has 0 aliphatic heterocycles. The molecule has 0 fully saturated rings. The van der Waals surface area contributed by atoms with Gasteiger partial charge in [0, 0.05) is 17.2 Å². The molecule has 0 aromatic heterocycles. The van der Waals surface area contributed by atoms with Crippen molar-refractivity contribution in [2.75, 3.05) is 11.0 Å². The third-order valence-corrected chi connectivity index (χ3v) is 4.01. The monoisotopic (exact) mass is 317 g/mol. The van der Waals surface area contributed by atoms with Gasteiger partial charge >= 0.3 is 0 Å². The molecule has 5 heteroatoms. The van der Waals surface area contributed by atoms with Crippen molar-refractivity contribution in [1.82, 2.24) is 0 Å². The van der Waals surface area contributed by atoms with Gasteiger partial charge in [-0.15, -0.1) is 0 Å². The molecule has 0 heterocycles. The zero-order chi connectivity index (χ0) is 16.2. The third-order valence-electron chi connectivity index (χ3n) is 3.40. The zero-order valence-corrected chi connectivity index (χ0v) is 13.4. The van der Waals surface area contributed by atoms with E-state index in [2.05, 4.69) is 4.72 Å². The van der Waals surface area contributed by atoms with Crippen LogP contribution in [0.5, 0.6) is 0 Å². The van der Waals surface area contributed by atoms with E-state index in [0.717, 1.165) is 11.8 Å². The molecule has 0 aliphatic rings. The Kier molecular flexibility index (Phi) is 4.98. The summed E-state index contributed by atoms with van der Waals surface area (Å²) in [5.74, 6) is -0.144. The number of carbonyl (C=O) groups is 1. The van der Waals surface area contributed by atoms with Crippen LogP contribution in [0.2, 0.25) is 0 Å². The molecule has 1 unspecified atom stereocenters. The number of anilines is 1. The normalized spacial score (nSPS) is 12.6. The highest BCUT2D eigenvalue weighted by Gasteiger charge is 2.20. The standard InChI is InChI=1S/C17H19NO3S/c1-3-16(13-7-5-4-6-8-13)17(19)14-9-11-15(12-10-14)18-22(2,20)21/h4-12,16,18H,3H2,1-2H3. The van der Waals surface area contributed by atoms with Crippen LogP contribution in [-0.4, -0.2) is 20.5 Å². The summed E-state index contributed by atoms with van der Waals surface area (Å²) < 4.78 is 24.7. The van der Waals surface area contributed by atoms with E-state index in [0.29, 0.717) is 17.7 Å². The van der Waals surface area contributed by atoms with Gasteiger partial charge in [0.25, 0.3) is 0 Å². The van der Waals surface area contributed by atoms with Crippen LogP contribution in [-0.2, 0) is 10.0 Å². The van der Waals surface area contributed by atoms with Crippen LogP contribution in [0, 0.1) is 0 Å². The first-order chi connectivity index (χ1) is 10.4. The SMILES string of the molecule is CCC(C(=O)c1ccc(NS(C)(=O)=O)cc1)c1ccccc1. The molecule has 0 saturated carbocycles. The fourth-order valence-corrected chi connectivity index (χ4v) is 2.94. The molecular weight excluding hydrogens is 298 g/mol. The highest BCUT2D eigenvalue weighted by molar-refractivity contribution is 7.92. The van der Waals surface area contributed by atoms with Crippen molar-refractivity contribution in [1.29, 1.82) is 0 Å². The minimum Gasteiger partial charge on any atom is -0.293 e. The highest BCUT2D eigenvalue weighted by atomic mass is 32.2. The second-order valence-electron chi connectivity index (χ2n) is 5.19. The van der Waals surface area contributed by atoms with Crippen molar-refractivity contribution in [2.45, 2.75) is 19.3 Å². The van der Waals surface area contributed by atoms with E-state index in [1.54, 1.807) is 24.3 Å². The Morgan fingerprint density at radius 3 is 2.14 bits per heavy atom. The Bertz CT molecular complexity index is 737. The van der Waals surface area contributed by atoms with Crippen LogP contribution in [0.15, 0.2) is 54.6 Å². The van der Waals surface area contributed by atoms with Gasteiger partial charge in [0.05, 0.1) is 6.26 Å². The first-order valence-corrected chi connectivity index (χ1v) is 8.97. The summed E-state index contributed by atoms with van der Waals surface area (Å²) in [5.41, 5.74) is 2.02. The molecule has 1 N–H and O–H groups in total. The molecule has 0 amide bonds. The van der Waals surface area contributed by atoms with Gasteiger partial charge in [-0.1, -0.05) is 37.3 Å². The van der Waals surface area contributed by atoms with E-state index in [1.165, 1.54) is 0 Å². The van der Waals surface area contributed by atoms with Crippen molar-refractivity contribution in [3.8, 4) is 0 Å². The summed E-state index contributed by atoms with van der Waals surface area (Å²) >= 11 is 0. The smallest absolute Gasteiger partial charge is 0.229 e. The second kappa shape index (κ2) is 6.75. The number of benzene rings is 2. The zero-order valence-electron chi connectivity index (χ0n) is 12.6. The largest absolute Gasteiger partial charge is 0.293 e. The van der Waals surface area contributed by atoms with E-state index in [4.69, 9.17) is 0 Å². The maximum atomic E-state index is 12.6. The first kappa shape index (κ1) is 16.2. The molecular formula is C17H19NO3S. The number of Topliss-reactive ketones (excluding diaryl/α,β-unsaturated/α-hetero) is 1. The molecule has 1 atom stereocenters. The van der Waals surface area contributed by atoms with Crippen LogP contribution < -0.4 is 4.72 Å². The van der Waals surface area contributed by atoms with Gasteiger partial charge in [0.1, 0.15) is 0 Å². The molecule has 22 heavy (non-hydrogen) atoms. The van der Waals surface area contributed by atoms with Crippen LogP contribution in [0.3, 0.4) is 0 Å². The lowest BCUT2D eigenvalue weighted by Crippen LogP contribution is -2.13. The van der Waals surface area contributed by atoms with E-state index < -0.39 is 10.0 Å². The number of sulfonamides is 1. The lowest BCUT2D eigenvalue weighted by atomic mass is 9.88. The number of ketones is 1. The number of hydrogen-bond donors (Lipinski definition) is 1. The minimum absolute atomic E-state index is 0.0413. The fourth-order valence-electron chi connectivity index (χ4n) is 2.38. The number of nitrogens with one attached hydrogen (secondary N) is 1. The van der Waals surface area contributed by atoms with Gasteiger partial charge in [-0.25, -0.2) is 8.42 Å². The Morgan fingerprint density at radius 2 is 1.64 bits per heavy atom. The summed E-state index contributed by atoms with van der Waals surface area (Å²) in [4.78, 5) is 12.6. The maximum absolute atomic E-state index is 12.6. The van der Waals surface area contributed by atoms with Crippen molar-refractivity contribution in [3.05, 3.63) is 65.7 Å². The van der Waals surface area contributed by atoms with E-state index in [1.807, 2.05) is 37.3 Å². The Labute approximate surface area is 131 Å². The summed E-state index contributed by atoms with van der Waals surface area (Å²) in [6.45, 7) is 1.98. The van der Waals surface area contributed by atoms with Crippen molar-refractivity contribution in [3.63, 3.8) is 0 Å². The number of carbonyl (C=O) groups excluding carboxylic acids is 1. The average Bonchev–Trinajstić information content (AvgIpc) is 2.48. The minimum atomic E-state index is -3.31. The van der Waals surface area contributed by atoms with E-state index in [9.17, 15) is 13.2 Å². The lowest BCUT2D eigenvalue weighted by Gasteiger charge is -2.14. The molecule has 2 aromatic carbocycles. The van der Waals surface area contributed by atoms with Gasteiger partial charge in [-0.05, 0) is 36.2 Å². The van der Waals surface area contributed by atoms with Gasteiger partial charge in [0.15, 0.2) is 5.78 Å². The highest BCUT2D eigenvalue weighted by Crippen LogP contribution is 2.24. The van der Waals surface area contributed by atoms with E-state index in [-0.39, 0.29) is 11.7 Å². The van der Waals surface area contributed by atoms with Crippen molar-refractivity contribution < 1.29 is 13.2 Å². The maximum Gasteiger partial charge on any atom is 0.229 e. The van der Waals surface area contributed by atoms with Crippen molar-refractivity contribution in [2.24, 2.45) is 0 Å². The summed E-state index contributed by atoms with van der Waals surface area (Å²) in [6, 6.07) is 16.2. The van der Waals surface area contributed by atoms with Crippen LogP contribution in [0.25, 0.3) is 0 Å². The average molecular weight is 317 g/mol. The quantitative estimate of drug-likeness (QED) is 0.830. The van der Waals surface area contributed by atoms with Crippen LogP contribution in [0.4, 0.5) is 5.69 Å². The molecule has 2 aromatic rings. The molecule has 0 radical (unpaired) electrons. The predicted molar refractivity (Wildman–Crippen MR) is 88.7 cm³/mol. The number of hydrogen-bond acceptors (Lipinski definition) is 3. The van der Waals surface area contributed by atoms with Gasteiger partial charge in [0.2, 0.25) is 10.0 Å². The first-order valence-electron chi connectivity index (χ1n) is 7.07. The third kappa shape index (κ3) is 4.18. The molecule has 2 rings (SSSR count). The molecule has 0 saturated heterocycles. The van der Waals surface area contributed by atoms with Crippen molar-refractivity contribution >= 4 is 21.5 Å². The lowest BCUT2D eigenvalue weighted by molar-refractivity contribution is 0.0957. The summed E-state index contributed by atoms with van der Waals surface area (Å²) in [6.07, 6.45) is 1.81. The summed E-state index contributed by atoms with van der Waals surface area (Å²) in [7, 11) is -3.31. The van der Waals surface area contributed by atoms with Crippen LogP contribution in [0.1, 0.15) is 35.2 Å². The molecule has 116 valence electrons.